The molecule has 1 aliphatic rings. The topological polar surface area (TPSA) is 38.3 Å². The molecule has 2 atom stereocenters. The minimum atomic E-state index is -0.227. The molecule has 0 aromatic heterocycles. The largest absolute Gasteiger partial charge is 0.376 e. The van der Waals surface area contributed by atoms with Gasteiger partial charge in [0.15, 0.2) is 0 Å². The number of carbonyl (C=O) groups is 1. The molecular weight excluding hydrogens is 238 g/mol. The zero-order valence-electron chi connectivity index (χ0n) is 12.2. The van der Waals surface area contributed by atoms with Crippen molar-refractivity contribution >= 4 is 5.91 Å². The zero-order chi connectivity index (χ0) is 14.0. The van der Waals surface area contributed by atoms with Crippen molar-refractivity contribution in [3.8, 4) is 0 Å². The van der Waals surface area contributed by atoms with E-state index in [2.05, 4.69) is 37.4 Å². The van der Waals surface area contributed by atoms with E-state index in [1.807, 2.05) is 13.8 Å². The van der Waals surface area contributed by atoms with Crippen molar-refractivity contribution < 1.29 is 9.53 Å². The summed E-state index contributed by atoms with van der Waals surface area (Å²) >= 11 is 0. The van der Waals surface area contributed by atoms with Crippen LogP contribution in [0.1, 0.15) is 37.0 Å². The summed E-state index contributed by atoms with van der Waals surface area (Å²) in [4.78, 5) is 12.2. The van der Waals surface area contributed by atoms with Gasteiger partial charge >= 0.3 is 0 Å². The summed E-state index contributed by atoms with van der Waals surface area (Å²) in [5.74, 6) is 0.0774. The Hall–Kier alpha value is -1.35. The molecule has 1 saturated heterocycles. The molecule has 1 aliphatic heterocycles. The van der Waals surface area contributed by atoms with E-state index in [1.165, 1.54) is 11.1 Å². The number of ether oxygens (including phenoxy) is 1. The van der Waals surface area contributed by atoms with Gasteiger partial charge < -0.3 is 10.1 Å². The fraction of sp³-hybridized carbons (Fsp3) is 0.562. The van der Waals surface area contributed by atoms with Crippen molar-refractivity contribution in [2.45, 2.75) is 52.2 Å². The predicted molar refractivity (Wildman–Crippen MR) is 76.2 cm³/mol. The number of hydrogen-bond donors (Lipinski definition) is 1. The number of amides is 1. The molecule has 0 spiro atoms. The second-order valence-electron chi connectivity index (χ2n) is 5.84. The standard InChI is InChI=1S/C16H23NO2/c1-11-5-6-12(2)14(9-11)10-15(18)17-16(4)7-8-19-13(16)3/h5-6,9,13H,7-8,10H2,1-4H3,(H,17,18). The van der Waals surface area contributed by atoms with E-state index in [0.29, 0.717) is 6.42 Å². The van der Waals surface area contributed by atoms with Gasteiger partial charge in [0.05, 0.1) is 18.1 Å². The Labute approximate surface area is 115 Å². The highest BCUT2D eigenvalue weighted by Gasteiger charge is 2.38. The average Bonchev–Trinajstić information content (AvgIpc) is 2.64. The molecule has 0 bridgehead atoms. The lowest BCUT2D eigenvalue weighted by Crippen LogP contribution is -2.51. The molecule has 104 valence electrons. The van der Waals surface area contributed by atoms with Crippen molar-refractivity contribution in [3.63, 3.8) is 0 Å². The maximum atomic E-state index is 12.2. The van der Waals surface area contributed by atoms with Gasteiger partial charge in [-0.25, -0.2) is 0 Å². The van der Waals surface area contributed by atoms with Crippen LogP contribution in [0.3, 0.4) is 0 Å². The summed E-state index contributed by atoms with van der Waals surface area (Å²) < 4.78 is 5.55. The molecule has 0 saturated carbocycles. The Kier molecular flexibility index (Phi) is 3.95. The second kappa shape index (κ2) is 5.33. The van der Waals surface area contributed by atoms with Crippen LogP contribution >= 0.6 is 0 Å². The molecule has 19 heavy (non-hydrogen) atoms. The average molecular weight is 261 g/mol. The number of rotatable bonds is 3. The number of benzene rings is 1. The highest BCUT2D eigenvalue weighted by molar-refractivity contribution is 5.79. The van der Waals surface area contributed by atoms with E-state index in [0.717, 1.165) is 18.6 Å². The predicted octanol–water partition coefficient (Wildman–Crippen LogP) is 2.53. The van der Waals surface area contributed by atoms with Crippen molar-refractivity contribution in [1.82, 2.24) is 5.32 Å². The minimum absolute atomic E-state index is 0.0774. The van der Waals surface area contributed by atoms with E-state index < -0.39 is 0 Å². The van der Waals surface area contributed by atoms with Crippen LogP contribution < -0.4 is 5.32 Å². The summed E-state index contributed by atoms with van der Waals surface area (Å²) in [6.07, 6.45) is 1.40. The monoisotopic (exact) mass is 261 g/mol. The van der Waals surface area contributed by atoms with Gasteiger partial charge in [-0.3, -0.25) is 4.79 Å². The maximum absolute atomic E-state index is 12.2. The van der Waals surface area contributed by atoms with Crippen LogP contribution in [0.5, 0.6) is 0 Å². The van der Waals surface area contributed by atoms with Gasteiger partial charge in [-0.1, -0.05) is 23.8 Å². The van der Waals surface area contributed by atoms with Crippen molar-refractivity contribution in [3.05, 3.63) is 34.9 Å². The molecule has 1 N–H and O–H groups in total. The molecule has 2 unspecified atom stereocenters. The van der Waals surface area contributed by atoms with Crippen LogP contribution in [0, 0.1) is 13.8 Å². The van der Waals surface area contributed by atoms with Gasteiger partial charge in [-0.15, -0.1) is 0 Å². The molecule has 3 heteroatoms. The Balaban J connectivity index is 2.03. The summed E-state index contributed by atoms with van der Waals surface area (Å²) in [7, 11) is 0. The first-order chi connectivity index (χ1) is 8.90. The lowest BCUT2D eigenvalue weighted by molar-refractivity contribution is -0.122. The van der Waals surface area contributed by atoms with Gasteiger partial charge in [-0.05, 0) is 45.2 Å². The molecule has 2 rings (SSSR count). The Morgan fingerprint density at radius 1 is 1.47 bits per heavy atom. The summed E-state index contributed by atoms with van der Waals surface area (Å²) in [6, 6.07) is 6.23. The Morgan fingerprint density at radius 3 is 2.84 bits per heavy atom. The van der Waals surface area contributed by atoms with Gasteiger partial charge in [0, 0.05) is 6.61 Å². The number of nitrogens with one attached hydrogen (secondary N) is 1. The van der Waals surface area contributed by atoms with E-state index in [-0.39, 0.29) is 17.6 Å². The fourth-order valence-corrected chi connectivity index (χ4v) is 2.53. The molecule has 3 nitrogen and oxygen atoms in total. The van der Waals surface area contributed by atoms with Gasteiger partial charge in [0.2, 0.25) is 5.91 Å². The van der Waals surface area contributed by atoms with Gasteiger partial charge in [0.1, 0.15) is 0 Å². The second-order valence-corrected chi connectivity index (χ2v) is 5.84. The molecule has 1 amide bonds. The van der Waals surface area contributed by atoms with Gasteiger partial charge in [-0.2, -0.15) is 0 Å². The highest BCUT2D eigenvalue weighted by atomic mass is 16.5. The summed E-state index contributed by atoms with van der Waals surface area (Å²) in [5.41, 5.74) is 3.24. The first-order valence-electron chi connectivity index (χ1n) is 6.89. The van der Waals surface area contributed by atoms with Gasteiger partial charge in [0.25, 0.3) is 0 Å². The molecule has 1 fully saturated rings. The van der Waals surface area contributed by atoms with Crippen molar-refractivity contribution in [1.29, 1.82) is 0 Å². The van der Waals surface area contributed by atoms with E-state index in [9.17, 15) is 4.79 Å². The molecular formula is C16H23NO2. The number of hydrogen-bond acceptors (Lipinski definition) is 2. The maximum Gasteiger partial charge on any atom is 0.224 e. The summed E-state index contributed by atoms with van der Waals surface area (Å²) in [6.45, 7) is 8.90. The van der Waals surface area contributed by atoms with Crippen molar-refractivity contribution in [2.24, 2.45) is 0 Å². The van der Waals surface area contributed by atoms with Crippen LogP contribution in [0.25, 0.3) is 0 Å². The van der Waals surface area contributed by atoms with E-state index in [1.54, 1.807) is 0 Å². The third-order valence-corrected chi connectivity index (χ3v) is 4.17. The Bertz CT molecular complexity index is 484. The highest BCUT2D eigenvalue weighted by Crippen LogP contribution is 2.25. The lowest BCUT2D eigenvalue weighted by atomic mass is 9.94. The lowest BCUT2D eigenvalue weighted by Gasteiger charge is -2.29. The summed E-state index contributed by atoms with van der Waals surface area (Å²) in [5, 5.41) is 3.14. The van der Waals surface area contributed by atoms with Crippen LogP contribution in [0.2, 0.25) is 0 Å². The fourth-order valence-electron chi connectivity index (χ4n) is 2.53. The normalized spacial score (nSPS) is 26.4. The number of carbonyl (C=O) groups excluding carboxylic acids is 1. The molecule has 1 aromatic carbocycles. The van der Waals surface area contributed by atoms with E-state index >= 15 is 0 Å². The molecule has 0 radical (unpaired) electrons. The first-order valence-corrected chi connectivity index (χ1v) is 6.89. The van der Waals surface area contributed by atoms with E-state index in [4.69, 9.17) is 4.74 Å². The molecule has 1 heterocycles. The zero-order valence-corrected chi connectivity index (χ0v) is 12.2. The third-order valence-electron chi connectivity index (χ3n) is 4.17. The smallest absolute Gasteiger partial charge is 0.224 e. The van der Waals surface area contributed by atoms with Crippen LogP contribution in [0.4, 0.5) is 0 Å². The van der Waals surface area contributed by atoms with Crippen molar-refractivity contribution in [2.75, 3.05) is 6.61 Å². The quantitative estimate of drug-likeness (QED) is 0.908. The van der Waals surface area contributed by atoms with Crippen LogP contribution in [-0.4, -0.2) is 24.2 Å². The molecule has 1 aromatic rings. The Morgan fingerprint density at radius 2 is 2.21 bits per heavy atom. The number of aryl methyl sites for hydroxylation is 2. The van der Waals surface area contributed by atoms with Crippen LogP contribution in [0.15, 0.2) is 18.2 Å². The third kappa shape index (κ3) is 3.16. The minimum Gasteiger partial charge on any atom is -0.376 e. The SMILES string of the molecule is Cc1ccc(C)c(CC(=O)NC2(C)CCOC2C)c1. The first kappa shape index (κ1) is 14.1. The molecule has 0 aliphatic carbocycles. The van der Waals surface area contributed by atoms with Crippen LogP contribution in [-0.2, 0) is 16.0 Å².